The van der Waals surface area contributed by atoms with Gasteiger partial charge in [0.2, 0.25) is 0 Å². The number of hydrogen-bond donors (Lipinski definition) is 1. The molecule has 1 rings (SSSR count). The maximum Gasteiger partial charge on any atom is 0.108 e. The second-order valence-electron chi connectivity index (χ2n) is 5.77. The van der Waals surface area contributed by atoms with Gasteiger partial charge >= 0.3 is 0 Å². The third kappa shape index (κ3) is 2.07. The molecular formula is C11H20NO4-. The van der Waals surface area contributed by atoms with Crippen LogP contribution in [0.15, 0.2) is 0 Å². The molecule has 1 aliphatic rings. The third-order valence-corrected chi connectivity index (χ3v) is 3.11. The standard InChI is InChI=1S/C11H21NO4/c1-9(2)6-11(15,8(13)14)7-10(3,4)12(9)16-5/h15H,6-7H2,1-5H3,(H,13,14)/p-1. The molecular weight excluding hydrogens is 210 g/mol. The van der Waals surface area contributed by atoms with Crippen LogP contribution in [0.25, 0.3) is 0 Å². The van der Waals surface area contributed by atoms with Gasteiger partial charge in [-0.3, -0.25) is 0 Å². The predicted molar refractivity (Wildman–Crippen MR) is 56.2 cm³/mol. The van der Waals surface area contributed by atoms with Gasteiger partial charge in [-0.1, -0.05) is 0 Å². The van der Waals surface area contributed by atoms with Crippen molar-refractivity contribution < 1.29 is 19.8 Å². The van der Waals surface area contributed by atoms with Crippen LogP contribution in [0.3, 0.4) is 0 Å². The highest BCUT2D eigenvalue weighted by Gasteiger charge is 2.53. The molecule has 0 bridgehead atoms. The maximum absolute atomic E-state index is 11.0. The van der Waals surface area contributed by atoms with Gasteiger partial charge in [-0.25, -0.2) is 0 Å². The van der Waals surface area contributed by atoms with Crippen LogP contribution in [0.2, 0.25) is 0 Å². The first-order valence-electron chi connectivity index (χ1n) is 5.33. The van der Waals surface area contributed by atoms with Crippen molar-refractivity contribution >= 4 is 5.97 Å². The van der Waals surface area contributed by atoms with E-state index in [1.807, 2.05) is 27.7 Å². The molecule has 5 heteroatoms. The lowest BCUT2D eigenvalue weighted by atomic mass is 9.72. The third-order valence-electron chi connectivity index (χ3n) is 3.11. The van der Waals surface area contributed by atoms with E-state index in [4.69, 9.17) is 4.84 Å². The van der Waals surface area contributed by atoms with Gasteiger partial charge in [0, 0.05) is 23.9 Å². The zero-order valence-electron chi connectivity index (χ0n) is 10.5. The van der Waals surface area contributed by atoms with Crippen LogP contribution in [0.4, 0.5) is 0 Å². The van der Waals surface area contributed by atoms with Crippen LogP contribution in [0.5, 0.6) is 0 Å². The van der Waals surface area contributed by atoms with Crippen molar-refractivity contribution in [2.24, 2.45) is 0 Å². The summed E-state index contributed by atoms with van der Waals surface area (Å²) in [5.41, 5.74) is -2.92. The molecule has 0 aromatic carbocycles. The van der Waals surface area contributed by atoms with E-state index in [-0.39, 0.29) is 12.8 Å². The Kier molecular flexibility index (Phi) is 3.09. The minimum absolute atomic E-state index is 0.0829. The summed E-state index contributed by atoms with van der Waals surface area (Å²) in [6.45, 7) is 7.35. The normalized spacial score (nSPS) is 27.6. The molecule has 1 aliphatic heterocycles. The van der Waals surface area contributed by atoms with Crippen molar-refractivity contribution in [1.29, 1.82) is 0 Å². The van der Waals surface area contributed by atoms with E-state index in [2.05, 4.69) is 0 Å². The highest BCUT2D eigenvalue weighted by atomic mass is 16.7. The average Bonchev–Trinajstić information content (AvgIpc) is 1.98. The molecule has 0 spiro atoms. The van der Waals surface area contributed by atoms with Crippen molar-refractivity contribution in [2.75, 3.05) is 7.11 Å². The summed E-state index contributed by atoms with van der Waals surface area (Å²) in [5.74, 6) is -1.41. The highest BCUT2D eigenvalue weighted by Crippen LogP contribution is 2.43. The van der Waals surface area contributed by atoms with Crippen molar-refractivity contribution in [3.05, 3.63) is 0 Å². The van der Waals surface area contributed by atoms with Gasteiger partial charge in [-0.15, -0.1) is 0 Å². The number of piperidine rings is 1. The van der Waals surface area contributed by atoms with E-state index >= 15 is 0 Å². The molecule has 94 valence electrons. The van der Waals surface area contributed by atoms with E-state index < -0.39 is 22.6 Å². The van der Waals surface area contributed by atoms with Gasteiger partial charge in [0.05, 0.1) is 13.1 Å². The second kappa shape index (κ2) is 3.68. The van der Waals surface area contributed by atoms with Crippen LogP contribution in [0, 0.1) is 0 Å². The highest BCUT2D eigenvalue weighted by molar-refractivity contribution is 5.75. The number of carboxylic acid groups (broad SMARTS) is 1. The summed E-state index contributed by atoms with van der Waals surface area (Å²) in [6.07, 6.45) is 0.166. The topological polar surface area (TPSA) is 72.8 Å². The largest absolute Gasteiger partial charge is 0.547 e. The fourth-order valence-corrected chi connectivity index (χ4v) is 3.10. The zero-order valence-corrected chi connectivity index (χ0v) is 10.5. The number of carbonyl (C=O) groups is 1. The van der Waals surface area contributed by atoms with E-state index in [1.165, 1.54) is 0 Å². The SMILES string of the molecule is CON1C(C)(C)CC(O)(C(=O)[O-])CC1(C)C. The van der Waals surface area contributed by atoms with Crippen LogP contribution < -0.4 is 5.11 Å². The molecule has 1 heterocycles. The summed E-state index contributed by atoms with van der Waals surface area (Å²) in [4.78, 5) is 16.3. The van der Waals surface area contributed by atoms with E-state index in [0.717, 1.165) is 0 Å². The molecule has 0 saturated carbocycles. The van der Waals surface area contributed by atoms with Crippen molar-refractivity contribution in [2.45, 2.75) is 57.2 Å². The lowest BCUT2D eigenvalue weighted by Gasteiger charge is -2.56. The van der Waals surface area contributed by atoms with Crippen LogP contribution >= 0.6 is 0 Å². The zero-order chi connectivity index (χ0) is 12.8. The van der Waals surface area contributed by atoms with Gasteiger partial charge in [-0.2, -0.15) is 5.06 Å². The van der Waals surface area contributed by atoms with E-state index in [1.54, 1.807) is 12.2 Å². The average molecular weight is 230 g/mol. The number of aliphatic carboxylic acids is 1. The minimum atomic E-state index is -1.79. The van der Waals surface area contributed by atoms with Gasteiger partial charge < -0.3 is 19.8 Å². The molecule has 0 aromatic rings. The Hall–Kier alpha value is -0.650. The monoisotopic (exact) mass is 230 g/mol. The lowest BCUT2D eigenvalue weighted by molar-refractivity contribution is -0.345. The predicted octanol–water partition coefficient (Wildman–Crippen LogP) is -0.318. The number of rotatable bonds is 2. The first-order chi connectivity index (χ1) is 7.05. The van der Waals surface area contributed by atoms with Gasteiger partial charge in [0.25, 0.3) is 0 Å². The molecule has 1 saturated heterocycles. The Balaban J connectivity index is 3.11. The van der Waals surface area contributed by atoms with Crippen LogP contribution in [0.1, 0.15) is 40.5 Å². The fourth-order valence-electron chi connectivity index (χ4n) is 3.10. The molecule has 16 heavy (non-hydrogen) atoms. The molecule has 1 N–H and O–H groups in total. The Morgan fingerprint density at radius 3 is 1.88 bits per heavy atom. The molecule has 0 aliphatic carbocycles. The lowest BCUT2D eigenvalue weighted by Crippen LogP contribution is -2.68. The van der Waals surface area contributed by atoms with Crippen molar-refractivity contribution in [3.8, 4) is 0 Å². The smallest absolute Gasteiger partial charge is 0.108 e. The number of hydroxylamine groups is 2. The first-order valence-corrected chi connectivity index (χ1v) is 5.33. The van der Waals surface area contributed by atoms with Gasteiger partial charge in [0.15, 0.2) is 0 Å². The Morgan fingerprint density at radius 1 is 1.25 bits per heavy atom. The molecule has 0 atom stereocenters. The van der Waals surface area contributed by atoms with Crippen molar-refractivity contribution in [3.63, 3.8) is 0 Å². The van der Waals surface area contributed by atoms with Crippen LogP contribution in [-0.2, 0) is 9.63 Å². The summed E-state index contributed by atoms with van der Waals surface area (Å²) in [5, 5.41) is 22.8. The minimum Gasteiger partial charge on any atom is -0.547 e. The number of aliphatic hydroxyl groups is 1. The maximum atomic E-state index is 11.0. The molecule has 0 aromatic heterocycles. The molecule has 0 amide bonds. The molecule has 5 nitrogen and oxygen atoms in total. The van der Waals surface area contributed by atoms with Gasteiger partial charge in [0.1, 0.15) is 5.60 Å². The van der Waals surface area contributed by atoms with Gasteiger partial charge in [-0.05, 0) is 27.7 Å². The van der Waals surface area contributed by atoms with Crippen LogP contribution in [-0.4, -0.2) is 39.9 Å². The van der Waals surface area contributed by atoms with Crippen molar-refractivity contribution in [1.82, 2.24) is 5.06 Å². The second-order valence-corrected chi connectivity index (χ2v) is 5.77. The Labute approximate surface area is 96.0 Å². The summed E-state index contributed by atoms with van der Waals surface area (Å²) < 4.78 is 0. The molecule has 0 unspecified atom stereocenters. The summed E-state index contributed by atoms with van der Waals surface area (Å²) in [7, 11) is 1.55. The Bertz CT molecular complexity index is 280. The summed E-state index contributed by atoms with van der Waals surface area (Å²) >= 11 is 0. The number of hydrogen-bond acceptors (Lipinski definition) is 5. The first kappa shape index (κ1) is 13.4. The summed E-state index contributed by atoms with van der Waals surface area (Å²) in [6, 6.07) is 0. The van der Waals surface area contributed by atoms with E-state index in [9.17, 15) is 15.0 Å². The Morgan fingerprint density at radius 2 is 1.62 bits per heavy atom. The number of carboxylic acids is 1. The van der Waals surface area contributed by atoms with E-state index in [0.29, 0.717) is 0 Å². The quantitative estimate of drug-likeness (QED) is 0.704. The number of nitrogens with zero attached hydrogens (tertiary/aromatic N) is 1. The fraction of sp³-hybridized carbons (Fsp3) is 0.909. The molecule has 0 radical (unpaired) electrons. The molecule has 1 fully saturated rings. The number of carbonyl (C=O) groups excluding carboxylic acids is 1.